The number of likely N-dealkylation sites (tertiary alicyclic amines) is 1. The number of nitrogens with one attached hydrogen (secondary N) is 1. The van der Waals surface area contributed by atoms with Gasteiger partial charge in [-0.15, -0.1) is 0 Å². The smallest absolute Gasteiger partial charge is 0.387 e. The summed E-state index contributed by atoms with van der Waals surface area (Å²) in [4.78, 5) is 17.9. The fourth-order valence-electron chi connectivity index (χ4n) is 2.76. The van der Waals surface area contributed by atoms with Gasteiger partial charge in [-0.1, -0.05) is 13.8 Å². The number of piperidine rings is 1. The van der Waals surface area contributed by atoms with Crippen molar-refractivity contribution in [1.82, 2.24) is 9.88 Å². The van der Waals surface area contributed by atoms with E-state index < -0.39 is 6.61 Å². The Morgan fingerprint density at radius 3 is 2.74 bits per heavy atom. The highest BCUT2D eigenvalue weighted by Gasteiger charge is 2.37. The number of aromatic nitrogens is 1. The molecule has 1 aromatic heterocycles. The molecule has 0 aromatic carbocycles. The van der Waals surface area contributed by atoms with Crippen molar-refractivity contribution in [1.29, 1.82) is 0 Å². The van der Waals surface area contributed by atoms with Crippen molar-refractivity contribution in [3.8, 4) is 5.75 Å². The third kappa shape index (κ3) is 4.51. The van der Waals surface area contributed by atoms with Crippen LogP contribution in [-0.4, -0.2) is 48.8 Å². The molecule has 1 atom stereocenters. The summed E-state index contributed by atoms with van der Waals surface area (Å²) < 4.78 is 33.8. The Morgan fingerprint density at radius 2 is 2.22 bits per heavy atom. The van der Waals surface area contributed by atoms with Crippen LogP contribution in [0.3, 0.4) is 0 Å². The van der Waals surface area contributed by atoms with Gasteiger partial charge in [-0.2, -0.15) is 8.78 Å². The van der Waals surface area contributed by atoms with Gasteiger partial charge < -0.3 is 14.4 Å². The summed E-state index contributed by atoms with van der Waals surface area (Å²) >= 11 is 0. The zero-order valence-electron chi connectivity index (χ0n) is 13.4. The van der Waals surface area contributed by atoms with Crippen molar-refractivity contribution in [2.45, 2.75) is 33.0 Å². The Balaban J connectivity index is 1.94. The van der Waals surface area contributed by atoms with Crippen LogP contribution in [0.5, 0.6) is 5.75 Å². The van der Waals surface area contributed by atoms with Gasteiger partial charge in [0.25, 0.3) is 0 Å². The molecule has 1 aromatic rings. The zero-order valence-corrected chi connectivity index (χ0v) is 13.4. The lowest BCUT2D eigenvalue weighted by Crippen LogP contribution is -2.52. The molecule has 0 bridgehead atoms. The number of rotatable bonds is 4. The van der Waals surface area contributed by atoms with Gasteiger partial charge in [-0.3, -0.25) is 5.32 Å². The van der Waals surface area contributed by atoms with Gasteiger partial charge in [0.05, 0.1) is 12.3 Å². The van der Waals surface area contributed by atoms with E-state index in [1.165, 1.54) is 12.1 Å². The normalized spacial score (nSPS) is 20.4. The summed E-state index contributed by atoms with van der Waals surface area (Å²) in [6, 6.07) is 2.47. The molecule has 0 spiro atoms. The number of hydrogen-bond acceptors (Lipinski definition) is 4. The highest BCUT2D eigenvalue weighted by Crippen LogP contribution is 2.31. The molecule has 0 saturated carbocycles. The molecular formula is C15H21F2N3O3. The number of ether oxygens (including phenoxy) is 2. The predicted octanol–water partition coefficient (Wildman–Crippen LogP) is 2.96. The van der Waals surface area contributed by atoms with E-state index in [-0.39, 0.29) is 29.1 Å². The number of halogens is 2. The van der Waals surface area contributed by atoms with Crippen molar-refractivity contribution >= 4 is 11.8 Å². The number of urea groups is 1. The van der Waals surface area contributed by atoms with Crippen LogP contribution in [0.2, 0.25) is 0 Å². The average Bonchev–Trinajstić information content (AvgIpc) is 2.47. The lowest BCUT2D eigenvalue weighted by Gasteiger charge is -2.43. The quantitative estimate of drug-likeness (QED) is 0.922. The maximum Gasteiger partial charge on any atom is 0.387 e. The molecule has 2 rings (SSSR count). The molecule has 1 fully saturated rings. The van der Waals surface area contributed by atoms with Crippen molar-refractivity contribution in [3.05, 3.63) is 18.3 Å². The summed E-state index contributed by atoms with van der Waals surface area (Å²) in [7, 11) is 1.68. The minimum Gasteiger partial charge on any atom is -0.433 e. The molecule has 23 heavy (non-hydrogen) atoms. The number of anilines is 1. The molecule has 1 aliphatic heterocycles. The number of carbonyl (C=O) groups excluding carboxylic acids is 1. The zero-order chi connectivity index (χ0) is 17.0. The van der Waals surface area contributed by atoms with E-state index in [0.29, 0.717) is 13.1 Å². The van der Waals surface area contributed by atoms with Crippen LogP contribution in [0, 0.1) is 5.41 Å². The van der Waals surface area contributed by atoms with Gasteiger partial charge in [0.15, 0.2) is 0 Å². The van der Waals surface area contributed by atoms with E-state index in [2.05, 4.69) is 28.9 Å². The van der Waals surface area contributed by atoms with E-state index in [1.807, 2.05) is 0 Å². The second kappa shape index (κ2) is 7.08. The second-order valence-corrected chi connectivity index (χ2v) is 6.11. The van der Waals surface area contributed by atoms with Gasteiger partial charge in [0.1, 0.15) is 11.6 Å². The molecule has 0 radical (unpaired) electrons. The number of hydrogen-bond donors (Lipinski definition) is 1. The molecular weight excluding hydrogens is 308 g/mol. The highest BCUT2D eigenvalue weighted by molar-refractivity contribution is 5.88. The van der Waals surface area contributed by atoms with E-state index in [9.17, 15) is 13.6 Å². The molecule has 2 heterocycles. The van der Waals surface area contributed by atoms with Gasteiger partial charge >= 0.3 is 12.6 Å². The first-order chi connectivity index (χ1) is 10.8. The Kier molecular flexibility index (Phi) is 5.35. The largest absolute Gasteiger partial charge is 0.433 e. The number of nitrogens with zero attached hydrogens (tertiary/aromatic N) is 2. The van der Waals surface area contributed by atoms with Crippen LogP contribution < -0.4 is 10.1 Å². The first-order valence-corrected chi connectivity index (χ1v) is 7.31. The SMILES string of the molecule is COC1CCN(C(=O)Nc2ccc(OC(F)F)cn2)CC1(C)C. The van der Waals surface area contributed by atoms with Crippen molar-refractivity contribution < 1.29 is 23.0 Å². The van der Waals surface area contributed by atoms with Gasteiger partial charge in [-0.25, -0.2) is 9.78 Å². The summed E-state index contributed by atoms with van der Waals surface area (Å²) in [5.74, 6) is 0.225. The standard InChI is InChI=1S/C15H21F2N3O3/c1-15(2)9-20(7-6-11(15)22-3)14(21)19-12-5-4-10(8-18-12)23-13(16)17/h4-5,8,11,13H,6-7,9H2,1-3H3,(H,18,19,21). The van der Waals surface area contributed by atoms with E-state index >= 15 is 0 Å². The molecule has 128 valence electrons. The molecule has 6 nitrogen and oxygen atoms in total. The molecule has 1 saturated heterocycles. The fourth-order valence-corrected chi connectivity index (χ4v) is 2.76. The minimum atomic E-state index is -2.90. The topological polar surface area (TPSA) is 63.7 Å². The fraction of sp³-hybridized carbons (Fsp3) is 0.600. The predicted molar refractivity (Wildman–Crippen MR) is 80.7 cm³/mol. The minimum absolute atomic E-state index is 0.0555. The van der Waals surface area contributed by atoms with Crippen LogP contribution in [0.4, 0.5) is 19.4 Å². The van der Waals surface area contributed by atoms with E-state index in [4.69, 9.17) is 4.74 Å². The van der Waals surface area contributed by atoms with E-state index in [0.717, 1.165) is 12.6 Å². The van der Waals surface area contributed by atoms with Crippen LogP contribution in [-0.2, 0) is 4.74 Å². The summed E-state index contributed by atoms with van der Waals surface area (Å²) in [6.07, 6.45) is 2.00. The lowest BCUT2D eigenvalue weighted by atomic mass is 9.81. The van der Waals surface area contributed by atoms with Gasteiger partial charge in [0, 0.05) is 25.6 Å². The first kappa shape index (κ1) is 17.4. The summed E-state index contributed by atoms with van der Waals surface area (Å²) in [5.41, 5.74) is -0.146. The van der Waals surface area contributed by atoms with Crippen molar-refractivity contribution in [2.24, 2.45) is 5.41 Å². The molecule has 1 unspecified atom stereocenters. The van der Waals surface area contributed by atoms with Gasteiger partial charge in [-0.05, 0) is 18.6 Å². The highest BCUT2D eigenvalue weighted by atomic mass is 19.3. The number of alkyl halides is 2. The van der Waals surface area contributed by atoms with Crippen LogP contribution >= 0.6 is 0 Å². The van der Waals surface area contributed by atoms with Gasteiger partial charge in [0.2, 0.25) is 0 Å². The van der Waals surface area contributed by atoms with Crippen molar-refractivity contribution in [3.63, 3.8) is 0 Å². The third-order valence-electron chi connectivity index (χ3n) is 3.90. The maximum absolute atomic E-state index is 12.3. The van der Waals surface area contributed by atoms with Crippen LogP contribution in [0.1, 0.15) is 20.3 Å². The summed E-state index contributed by atoms with van der Waals surface area (Å²) in [5, 5.41) is 2.65. The molecule has 8 heteroatoms. The second-order valence-electron chi connectivity index (χ2n) is 6.11. The number of methoxy groups -OCH3 is 1. The number of carbonyl (C=O) groups is 1. The van der Waals surface area contributed by atoms with Crippen LogP contribution in [0.15, 0.2) is 18.3 Å². The number of amides is 2. The average molecular weight is 329 g/mol. The third-order valence-corrected chi connectivity index (χ3v) is 3.90. The first-order valence-electron chi connectivity index (χ1n) is 7.31. The Hall–Kier alpha value is -1.96. The number of pyridine rings is 1. The molecule has 1 aliphatic rings. The maximum atomic E-state index is 12.3. The molecule has 2 amide bonds. The van der Waals surface area contributed by atoms with E-state index in [1.54, 1.807) is 12.0 Å². The summed E-state index contributed by atoms with van der Waals surface area (Å²) in [6.45, 7) is 2.34. The van der Waals surface area contributed by atoms with Crippen molar-refractivity contribution in [2.75, 3.05) is 25.5 Å². The Morgan fingerprint density at radius 1 is 1.48 bits per heavy atom. The van der Waals surface area contributed by atoms with Crippen LogP contribution in [0.25, 0.3) is 0 Å². The Bertz CT molecular complexity index is 537. The lowest BCUT2D eigenvalue weighted by molar-refractivity contribution is -0.0500. The molecule has 0 aliphatic carbocycles. The molecule has 1 N–H and O–H groups in total. The Labute approximate surface area is 133 Å². The monoisotopic (exact) mass is 329 g/mol.